The van der Waals surface area contributed by atoms with Gasteiger partial charge in [-0.05, 0) is 42.2 Å². The highest BCUT2D eigenvalue weighted by Crippen LogP contribution is 2.29. The van der Waals surface area contributed by atoms with Gasteiger partial charge in [0.25, 0.3) is 0 Å². The van der Waals surface area contributed by atoms with Crippen LogP contribution in [0.2, 0.25) is 0 Å². The summed E-state index contributed by atoms with van der Waals surface area (Å²) in [6.07, 6.45) is 5.06. The molecular weight excluding hydrogens is 242 g/mol. The lowest BCUT2D eigenvalue weighted by atomic mass is 9.94. The van der Waals surface area contributed by atoms with Crippen molar-refractivity contribution in [3.63, 3.8) is 0 Å². The molecule has 96 valence electrons. The number of aryl methyl sites for hydroxylation is 1. The van der Waals surface area contributed by atoms with Gasteiger partial charge in [-0.25, -0.2) is 4.79 Å². The Morgan fingerprint density at radius 2 is 2.16 bits per heavy atom. The fraction of sp³-hybridized carbons (Fsp3) is 0.200. The molecule has 0 unspecified atom stereocenters. The van der Waals surface area contributed by atoms with Gasteiger partial charge in [0.1, 0.15) is 0 Å². The van der Waals surface area contributed by atoms with E-state index in [0.29, 0.717) is 6.42 Å². The Morgan fingerprint density at radius 3 is 2.95 bits per heavy atom. The highest BCUT2D eigenvalue weighted by molar-refractivity contribution is 6.03. The zero-order valence-electron chi connectivity index (χ0n) is 10.3. The number of hydrogen-bond acceptors (Lipinski definition) is 2. The Labute approximate surface area is 109 Å². The van der Waals surface area contributed by atoms with Crippen molar-refractivity contribution >= 4 is 28.7 Å². The van der Waals surface area contributed by atoms with E-state index in [1.807, 2.05) is 18.2 Å². The number of aliphatic carboxylic acids is 1. The topological polar surface area (TPSA) is 70.2 Å². The highest BCUT2D eigenvalue weighted by atomic mass is 16.4. The van der Waals surface area contributed by atoms with Crippen LogP contribution in [0.15, 0.2) is 24.3 Å². The molecule has 0 bridgehead atoms. The second-order valence-corrected chi connectivity index (χ2v) is 4.73. The molecular formula is C15H13NO3. The van der Waals surface area contributed by atoms with E-state index in [0.717, 1.165) is 46.6 Å². The highest BCUT2D eigenvalue weighted by Gasteiger charge is 2.21. The summed E-state index contributed by atoms with van der Waals surface area (Å²) in [5.41, 5.74) is 3.56. The number of nitrogens with one attached hydrogen (secondary N) is 1. The zero-order valence-corrected chi connectivity index (χ0v) is 10.3. The summed E-state index contributed by atoms with van der Waals surface area (Å²) in [5.74, 6) is -0.800. The van der Waals surface area contributed by atoms with Crippen molar-refractivity contribution in [1.82, 2.24) is 4.98 Å². The molecule has 0 amide bonds. The van der Waals surface area contributed by atoms with Crippen molar-refractivity contribution in [2.24, 2.45) is 0 Å². The number of carboxylic acid groups (broad SMARTS) is 1. The number of ketones is 1. The number of carbonyl (C=O) groups is 2. The summed E-state index contributed by atoms with van der Waals surface area (Å²) in [6, 6.07) is 5.67. The maximum atomic E-state index is 11.8. The van der Waals surface area contributed by atoms with Gasteiger partial charge in [0, 0.05) is 23.4 Å². The Morgan fingerprint density at radius 1 is 1.32 bits per heavy atom. The molecule has 1 aromatic carbocycles. The molecule has 1 heterocycles. The van der Waals surface area contributed by atoms with E-state index < -0.39 is 5.97 Å². The van der Waals surface area contributed by atoms with Gasteiger partial charge in [-0.3, -0.25) is 4.79 Å². The van der Waals surface area contributed by atoms with Crippen molar-refractivity contribution in [3.05, 3.63) is 41.1 Å². The number of aromatic nitrogens is 1. The molecule has 1 aliphatic carbocycles. The van der Waals surface area contributed by atoms with Crippen LogP contribution in [0.3, 0.4) is 0 Å². The lowest BCUT2D eigenvalue weighted by molar-refractivity contribution is -0.131. The third-order valence-corrected chi connectivity index (χ3v) is 3.46. The molecule has 0 atom stereocenters. The molecule has 0 fully saturated rings. The van der Waals surface area contributed by atoms with Crippen LogP contribution in [-0.2, 0) is 11.2 Å². The standard InChI is InChI=1S/C15H13NO3/c17-13-3-1-2-10-11-8-9(5-7-14(18)19)4-6-12(11)16-15(10)13/h4-8,16H,1-3H2,(H,18,19). The number of Topliss-reactive ketones (excluding diaryl/α,β-unsaturated/α-hetero) is 1. The molecule has 1 aromatic heterocycles. The molecule has 0 spiro atoms. The minimum Gasteiger partial charge on any atom is -0.478 e. The van der Waals surface area contributed by atoms with Crippen molar-refractivity contribution in [2.75, 3.05) is 0 Å². The van der Waals surface area contributed by atoms with Crippen LogP contribution in [0.1, 0.15) is 34.5 Å². The number of carboxylic acids is 1. The Hall–Kier alpha value is -2.36. The zero-order chi connectivity index (χ0) is 13.4. The smallest absolute Gasteiger partial charge is 0.328 e. The first kappa shape index (κ1) is 11.7. The second-order valence-electron chi connectivity index (χ2n) is 4.73. The van der Waals surface area contributed by atoms with E-state index >= 15 is 0 Å². The molecule has 2 aromatic rings. The lowest BCUT2D eigenvalue weighted by Gasteiger charge is -2.09. The molecule has 4 heteroatoms. The van der Waals surface area contributed by atoms with E-state index in [1.165, 1.54) is 0 Å². The van der Waals surface area contributed by atoms with Crippen molar-refractivity contribution in [2.45, 2.75) is 19.3 Å². The molecule has 2 N–H and O–H groups in total. The third kappa shape index (κ3) is 2.05. The minimum atomic E-state index is -0.966. The predicted molar refractivity (Wildman–Crippen MR) is 72.2 cm³/mol. The van der Waals surface area contributed by atoms with Crippen LogP contribution in [0.25, 0.3) is 17.0 Å². The quantitative estimate of drug-likeness (QED) is 0.810. The number of aromatic amines is 1. The van der Waals surface area contributed by atoms with Crippen LogP contribution in [0, 0.1) is 0 Å². The van der Waals surface area contributed by atoms with Gasteiger partial charge >= 0.3 is 5.97 Å². The molecule has 0 aliphatic heterocycles. The van der Waals surface area contributed by atoms with Gasteiger partial charge in [0.15, 0.2) is 5.78 Å². The van der Waals surface area contributed by atoms with Crippen LogP contribution < -0.4 is 0 Å². The normalized spacial score (nSPS) is 15.1. The maximum Gasteiger partial charge on any atom is 0.328 e. The van der Waals surface area contributed by atoms with E-state index in [-0.39, 0.29) is 5.78 Å². The monoisotopic (exact) mass is 255 g/mol. The van der Waals surface area contributed by atoms with Gasteiger partial charge in [-0.1, -0.05) is 6.07 Å². The van der Waals surface area contributed by atoms with Gasteiger partial charge < -0.3 is 10.1 Å². The van der Waals surface area contributed by atoms with Crippen molar-refractivity contribution in [3.8, 4) is 0 Å². The summed E-state index contributed by atoms with van der Waals surface area (Å²) in [5, 5.41) is 9.66. The number of carbonyl (C=O) groups excluding carboxylic acids is 1. The SMILES string of the molecule is O=C(O)C=Cc1ccc2[nH]c3c(c2c1)CCCC3=O. The first-order valence-electron chi connectivity index (χ1n) is 6.24. The maximum absolute atomic E-state index is 11.8. The molecule has 1 aliphatic rings. The summed E-state index contributed by atoms with van der Waals surface area (Å²) >= 11 is 0. The first-order chi connectivity index (χ1) is 9.15. The number of rotatable bonds is 2. The molecule has 19 heavy (non-hydrogen) atoms. The van der Waals surface area contributed by atoms with Crippen molar-refractivity contribution < 1.29 is 14.7 Å². The van der Waals surface area contributed by atoms with E-state index in [1.54, 1.807) is 6.08 Å². The van der Waals surface area contributed by atoms with Crippen LogP contribution in [0.5, 0.6) is 0 Å². The number of benzene rings is 1. The molecule has 0 saturated heterocycles. The molecule has 0 saturated carbocycles. The molecule has 0 radical (unpaired) electrons. The average molecular weight is 255 g/mol. The Kier molecular flexibility index (Phi) is 2.71. The number of hydrogen-bond donors (Lipinski definition) is 2. The summed E-state index contributed by atoms with van der Waals surface area (Å²) < 4.78 is 0. The van der Waals surface area contributed by atoms with Crippen LogP contribution in [0.4, 0.5) is 0 Å². The van der Waals surface area contributed by atoms with E-state index in [4.69, 9.17) is 5.11 Å². The largest absolute Gasteiger partial charge is 0.478 e. The fourth-order valence-electron chi connectivity index (χ4n) is 2.58. The van der Waals surface area contributed by atoms with E-state index in [2.05, 4.69) is 4.98 Å². The molecule has 3 rings (SSSR count). The van der Waals surface area contributed by atoms with Crippen LogP contribution >= 0.6 is 0 Å². The summed E-state index contributed by atoms with van der Waals surface area (Å²) in [4.78, 5) is 25.5. The van der Waals surface area contributed by atoms with Gasteiger partial charge in [0.05, 0.1) is 5.69 Å². The lowest BCUT2D eigenvalue weighted by Crippen LogP contribution is -2.09. The van der Waals surface area contributed by atoms with Gasteiger partial charge in [-0.2, -0.15) is 0 Å². The van der Waals surface area contributed by atoms with Crippen LogP contribution in [-0.4, -0.2) is 21.8 Å². The fourth-order valence-corrected chi connectivity index (χ4v) is 2.58. The first-order valence-corrected chi connectivity index (χ1v) is 6.24. The Balaban J connectivity index is 2.12. The number of fused-ring (bicyclic) bond motifs is 3. The average Bonchev–Trinajstić information content (AvgIpc) is 2.76. The minimum absolute atomic E-state index is 0.167. The summed E-state index contributed by atoms with van der Waals surface area (Å²) in [7, 11) is 0. The van der Waals surface area contributed by atoms with E-state index in [9.17, 15) is 9.59 Å². The number of H-pyrrole nitrogens is 1. The van der Waals surface area contributed by atoms with Crippen molar-refractivity contribution in [1.29, 1.82) is 0 Å². The Bertz CT molecular complexity index is 709. The molecule has 4 nitrogen and oxygen atoms in total. The predicted octanol–water partition coefficient (Wildman–Crippen LogP) is 2.78. The van der Waals surface area contributed by atoms with Gasteiger partial charge in [-0.15, -0.1) is 0 Å². The van der Waals surface area contributed by atoms with Gasteiger partial charge in [0.2, 0.25) is 0 Å². The second kappa shape index (κ2) is 4.39. The summed E-state index contributed by atoms with van der Waals surface area (Å²) in [6.45, 7) is 0. The third-order valence-electron chi connectivity index (χ3n) is 3.46.